The van der Waals surface area contributed by atoms with E-state index in [0.29, 0.717) is 18.7 Å². The first-order valence-corrected chi connectivity index (χ1v) is 10.6. The van der Waals surface area contributed by atoms with Gasteiger partial charge in [-0.2, -0.15) is 0 Å². The van der Waals surface area contributed by atoms with E-state index in [1.165, 1.54) is 29.8 Å². The van der Waals surface area contributed by atoms with Crippen molar-refractivity contribution >= 4 is 50.8 Å². The number of benzene rings is 2. The number of fused-ring (bicyclic) bond motifs is 1. The highest BCUT2D eigenvalue weighted by Gasteiger charge is 2.37. The second-order valence-corrected chi connectivity index (χ2v) is 8.62. The van der Waals surface area contributed by atoms with Gasteiger partial charge in [-0.15, -0.1) is 0 Å². The molecule has 0 bridgehead atoms. The normalized spacial score (nSPS) is 17.8. The van der Waals surface area contributed by atoms with E-state index in [2.05, 4.69) is 15.9 Å². The lowest BCUT2D eigenvalue weighted by Gasteiger charge is -2.29. The van der Waals surface area contributed by atoms with E-state index in [1.54, 1.807) is 4.90 Å². The maximum Gasteiger partial charge on any atom is 0.294 e. The Balaban J connectivity index is 1.46. The first kappa shape index (κ1) is 19.8. The van der Waals surface area contributed by atoms with E-state index in [4.69, 9.17) is 0 Å². The van der Waals surface area contributed by atoms with Crippen LogP contribution in [0.4, 0.5) is 9.18 Å². The molecule has 2 heterocycles. The zero-order chi connectivity index (χ0) is 20.5. The summed E-state index contributed by atoms with van der Waals surface area (Å²) in [6.45, 7) is 0.757. The highest BCUT2D eigenvalue weighted by Crippen LogP contribution is 2.33. The molecular formula is C21H16BrFN2O3S. The monoisotopic (exact) mass is 474 g/mol. The molecular weight excluding hydrogens is 459 g/mol. The SMILES string of the molecule is O=C(CN1C(=O)S/C(=C/c2ccc(F)c(Br)c2)C1=O)N1CCc2ccccc2C1. The Labute approximate surface area is 179 Å². The van der Waals surface area contributed by atoms with Crippen LogP contribution in [0.5, 0.6) is 0 Å². The second-order valence-electron chi connectivity index (χ2n) is 6.78. The molecule has 0 N–H and O–H groups in total. The average molecular weight is 475 g/mol. The van der Waals surface area contributed by atoms with Crippen molar-refractivity contribution in [2.75, 3.05) is 13.1 Å². The van der Waals surface area contributed by atoms with Crippen LogP contribution in [-0.2, 0) is 22.6 Å². The fraction of sp³-hybridized carbons (Fsp3) is 0.190. The van der Waals surface area contributed by atoms with Gasteiger partial charge in [-0.1, -0.05) is 30.3 Å². The molecule has 2 aromatic carbocycles. The number of hydrogen-bond acceptors (Lipinski definition) is 4. The van der Waals surface area contributed by atoms with Crippen molar-refractivity contribution in [2.45, 2.75) is 13.0 Å². The fourth-order valence-corrected chi connectivity index (χ4v) is 4.57. The maximum atomic E-state index is 13.4. The Morgan fingerprint density at radius 2 is 1.93 bits per heavy atom. The Bertz CT molecular complexity index is 1060. The number of nitrogens with zero attached hydrogens (tertiary/aromatic N) is 2. The number of carbonyl (C=O) groups is 3. The summed E-state index contributed by atoms with van der Waals surface area (Å²) in [7, 11) is 0. The third-order valence-corrected chi connectivity index (χ3v) is 6.41. The summed E-state index contributed by atoms with van der Waals surface area (Å²) in [4.78, 5) is 40.5. The predicted molar refractivity (Wildman–Crippen MR) is 112 cm³/mol. The van der Waals surface area contributed by atoms with E-state index in [1.807, 2.05) is 24.3 Å². The summed E-state index contributed by atoms with van der Waals surface area (Å²) >= 11 is 3.88. The number of carbonyl (C=O) groups excluding carboxylic acids is 3. The Hall–Kier alpha value is -2.45. The van der Waals surface area contributed by atoms with Gasteiger partial charge in [0, 0.05) is 13.1 Å². The van der Waals surface area contributed by atoms with Crippen LogP contribution >= 0.6 is 27.7 Å². The molecule has 2 aliphatic rings. The molecule has 5 nitrogen and oxygen atoms in total. The lowest BCUT2D eigenvalue weighted by molar-refractivity contribution is -0.136. The van der Waals surface area contributed by atoms with Crippen LogP contribution in [0.15, 0.2) is 51.8 Å². The Kier molecular flexibility index (Phi) is 5.56. The molecule has 1 fully saturated rings. The molecule has 2 aromatic rings. The molecule has 0 unspecified atom stereocenters. The molecule has 4 rings (SSSR count). The smallest absolute Gasteiger partial charge is 0.294 e. The van der Waals surface area contributed by atoms with Gasteiger partial charge < -0.3 is 4.90 Å². The molecule has 0 aromatic heterocycles. The summed E-state index contributed by atoms with van der Waals surface area (Å²) in [5.74, 6) is -1.18. The van der Waals surface area contributed by atoms with Gasteiger partial charge in [-0.25, -0.2) is 4.39 Å². The minimum absolute atomic E-state index is 0.213. The minimum Gasteiger partial charge on any atom is -0.336 e. The van der Waals surface area contributed by atoms with Gasteiger partial charge in [0.25, 0.3) is 11.1 Å². The van der Waals surface area contributed by atoms with Crippen molar-refractivity contribution < 1.29 is 18.8 Å². The van der Waals surface area contributed by atoms with Crippen molar-refractivity contribution in [3.8, 4) is 0 Å². The summed E-state index contributed by atoms with van der Waals surface area (Å²) in [5.41, 5.74) is 2.89. The van der Waals surface area contributed by atoms with Crippen molar-refractivity contribution in [1.82, 2.24) is 9.80 Å². The largest absolute Gasteiger partial charge is 0.336 e. The number of thioether (sulfide) groups is 1. The summed E-state index contributed by atoms with van der Waals surface area (Å²) in [5, 5.41) is -0.479. The van der Waals surface area contributed by atoms with Gasteiger partial charge in [0.2, 0.25) is 5.91 Å². The van der Waals surface area contributed by atoms with Crippen LogP contribution in [0, 0.1) is 5.82 Å². The molecule has 0 aliphatic carbocycles. The van der Waals surface area contributed by atoms with Crippen LogP contribution in [0.25, 0.3) is 6.08 Å². The third kappa shape index (κ3) is 4.13. The van der Waals surface area contributed by atoms with E-state index < -0.39 is 17.0 Å². The van der Waals surface area contributed by atoms with Crippen LogP contribution in [0.2, 0.25) is 0 Å². The van der Waals surface area contributed by atoms with Crippen LogP contribution in [-0.4, -0.2) is 39.9 Å². The van der Waals surface area contributed by atoms with Crippen LogP contribution in [0.1, 0.15) is 16.7 Å². The van der Waals surface area contributed by atoms with E-state index in [9.17, 15) is 18.8 Å². The lowest BCUT2D eigenvalue weighted by Crippen LogP contribution is -2.44. The first-order valence-electron chi connectivity index (χ1n) is 8.97. The molecule has 8 heteroatoms. The second kappa shape index (κ2) is 8.12. The van der Waals surface area contributed by atoms with E-state index >= 15 is 0 Å². The summed E-state index contributed by atoms with van der Waals surface area (Å²) in [6, 6.07) is 12.3. The van der Waals surface area contributed by atoms with E-state index in [-0.39, 0.29) is 21.8 Å². The van der Waals surface area contributed by atoms with Gasteiger partial charge in [-0.05, 0) is 69.0 Å². The molecule has 29 heavy (non-hydrogen) atoms. The zero-order valence-electron chi connectivity index (χ0n) is 15.2. The average Bonchev–Trinajstić information content (AvgIpc) is 2.97. The highest BCUT2D eigenvalue weighted by molar-refractivity contribution is 9.10. The van der Waals surface area contributed by atoms with Gasteiger partial charge in [0.05, 0.1) is 9.38 Å². The molecule has 1 saturated heterocycles. The molecule has 2 aliphatic heterocycles. The number of amides is 3. The van der Waals surface area contributed by atoms with Crippen molar-refractivity contribution in [3.05, 3.63) is 74.4 Å². The molecule has 0 atom stereocenters. The number of imide groups is 1. The third-order valence-electron chi connectivity index (χ3n) is 4.89. The first-order chi connectivity index (χ1) is 13.9. The van der Waals surface area contributed by atoms with Gasteiger partial charge in [0.15, 0.2) is 0 Å². The van der Waals surface area contributed by atoms with Gasteiger partial charge in [0.1, 0.15) is 12.4 Å². The van der Waals surface area contributed by atoms with Crippen molar-refractivity contribution in [2.24, 2.45) is 0 Å². The lowest BCUT2D eigenvalue weighted by atomic mass is 10.00. The predicted octanol–water partition coefficient (Wildman–Crippen LogP) is 4.21. The molecule has 0 radical (unpaired) electrons. The van der Waals surface area contributed by atoms with Crippen molar-refractivity contribution in [1.29, 1.82) is 0 Å². The number of halogens is 2. The van der Waals surface area contributed by atoms with Gasteiger partial charge in [-0.3, -0.25) is 19.3 Å². The Morgan fingerprint density at radius 1 is 1.17 bits per heavy atom. The summed E-state index contributed by atoms with van der Waals surface area (Å²) < 4.78 is 13.7. The summed E-state index contributed by atoms with van der Waals surface area (Å²) in [6.07, 6.45) is 2.28. The number of rotatable bonds is 3. The molecule has 0 spiro atoms. The Morgan fingerprint density at radius 3 is 2.69 bits per heavy atom. The molecule has 148 valence electrons. The quantitative estimate of drug-likeness (QED) is 0.625. The van der Waals surface area contributed by atoms with Crippen molar-refractivity contribution in [3.63, 3.8) is 0 Å². The standard InChI is InChI=1S/C21H16BrFN2O3S/c22-16-9-13(5-6-17(16)23)10-18-20(27)25(21(28)29-18)12-19(26)24-8-7-14-3-1-2-4-15(14)11-24/h1-6,9-10H,7-8,11-12H2/b18-10+. The van der Waals surface area contributed by atoms with Gasteiger partial charge >= 0.3 is 0 Å². The highest BCUT2D eigenvalue weighted by atomic mass is 79.9. The van der Waals surface area contributed by atoms with Crippen LogP contribution in [0.3, 0.4) is 0 Å². The maximum absolute atomic E-state index is 13.4. The topological polar surface area (TPSA) is 57.7 Å². The van der Waals surface area contributed by atoms with E-state index in [0.717, 1.165) is 28.6 Å². The molecule has 3 amide bonds. The minimum atomic E-state index is -0.508. The number of hydrogen-bond donors (Lipinski definition) is 0. The fourth-order valence-electron chi connectivity index (χ4n) is 3.33. The zero-order valence-corrected chi connectivity index (χ0v) is 17.6. The molecule has 0 saturated carbocycles. The van der Waals surface area contributed by atoms with Crippen LogP contribution < -0.4 is 0 Å².